The van der Waals surface area contributed by atoms with Crippen molar-refractivity contribution in [2.75, 3.05) is 13.2 Å². The second kappa shape index (κ2) is 7.64. The van der Waals surface area contributed by atoms with Crippen molar-refractivity contribution in [1.82, 2.24) is 5.32 Å². The highest BCUT2D eigenvalue weighted by molar-refractivity contribution is 14.0. The van der Waals surface area contributed by atoms with Gasteiger partial charge in [-0.2, -0.15) is 0 Å². The molecule has 2 atom stereocenters. The lowest BCUT2D eigenvalue weighted by Crippen LogP contribution is -2.64. The summed E-state index contributed by atoms with van der Waals surface area (Å²) in [5, 5.41) is 3.40. The zero-order chi connectivity index (χ0) is 13.9. The molecule has 0 radical (unpaired) electrons. The molecule has 0 aromatic heterocycles. The number of ether oxygens (including phenoxy) is 1. The molecule has 2 fully saturated rings. The number of hydrogen-bond donors (Lipinski definition) is 2. The molecule has 0 aliphatic heterocycles. The molecule has 0 saturated heterocycles. The van der Waals surface area contributed by atoms with E-state index < -0.39 is 0 Å². The minimum absolute atomic E-state index is 0. The van der Waals surface area contributed by atoms with Crippen molar-refractivity contribution in [2.24, 2.45) is 16.1 Å². The number of nitrogens with two attached hydrogens (primary N) is 1. The van der Waals surface area contributed by atoms with Gasteiger partial charge in [-0.25, -0.2) is 4.99 Å². The third-order valence-electron chi connectivity index (χ3n) is 4.53. The van der Waals surface area contributed by atoms with E-state index in [2.05, 4.69) is 23.8 Å². The van der Waals surface area contributed by atoms with Gasteiger partial charge in [-0.15, -0.1) is 24.0 Å². The van der Waals surface area contributed by atoms with Crippen LogP contribution in [-0.4, -0.2) is 31.3 Å². The maximum Gasteiger partial charge on any atom is 0.189 e. The van der Waals surface area contributed by atoms with Crippen molar-refractivity contribution in [3.05, 3.63) is 12.2 Å². The van der Waals surface area contributed by atoms with Gasteiger partial charge in [0.15, 0.2) is 5.96 Å². The number of guanidine groups is 1. The summed E-state index contributed by atoms with van der Waals surface area (Å²) in [4.78, 5) is 4.31. The fourth-order valence-electron chi connectivity index (χ4n) is 3.53. The second-order valence-corrected chi connectivity index (χ2v) is 5.98. The maximum atomic E-state index is 5.96. The Hall–Kier alpha value is -0.300. The monoisotopic (exact) mass is 393 g/mol. The van der Waals surface area contributed by atoms with Gasteiger partial charge in [-0.1, -0.05) is 25.0 Å². The van der Waals surface area contributed by atoms with Gasteiger partial charge in [-0.05, 0) is 33.1 Å². The van der Waals surface area contributed by atoms with Gasteiger partial charge in [0.2, 0.25) is 0 Å². The van der Waals surface area contributed by atoms with E-state index in [-0.39, 0.29) is 24.0 Å². The molecule has 0 heterocycles. The lowest BCUT2D eigenvalue weighted by atomic mass is 9.60. The molecule has 2 rings (SSSR count). The SMILES string of the molecule is C=C(C)CN=C(N)NC1CC(OCC)C12CCCC2.I. The van der Waals surface area contributed by atoms with Crippen molar-refractivity contribution < 1.29 is 4.74 Å². The molecule has 0 aromatic carbocycles. The van der Waals surface area contributed by atoms with Crippen molar-refractivity contribution in [3.63, 3.8) is 0 Å². The number of hydrogen-bond acceptors (Lipinski definition) is 2. The largest absolute Gasteiger partial charge is 0.378 e. The Morgan fingerprint density at radius 3 is 2.65 bits per heavy atom. The third-order valence-corrected chi connectivity index (χ3v) is 4.53. The summed E-state index contributed by atoms with van der Waals surface area (Å²) in [7, 11) is 0. The molecule has 0 amide bonds. The van der Waals surface area contributed by atoms with Crippen molar-refractivity contribution >= 4 is 29.9 Å². The van der Waals surface area contributed by atoms with E-state index in [1.54, 1.807) is 0 Å². The average molecular weight is 393 g/mol. The van der Waals surface area contributed by atoms with Crippen molar-refractivity contribution in [3.8, 4) is 0 Å². The maximum absolute atomic E-state index is 5.96. The van der Waals surface area contributed by atoms with Crippen molar-refractivity contribution in [2.45, 2.75) is 58.1 Å². The predicted octanol–water partition coefficient (Wildman–Crippen LogP) is 2.82. The van der Waals surface area contributed by atoms with Gasteiger partial charge < -0.3 is 15.8 Å². The van der Waals surface area contributed by atoms with E-state index in [4.69, 9.17) is 10.5 Å². The van der Waals surface area contributed by atoms with Crippen LogP contribution >= 0.6 is 24.0 Å². The molecule has 2 saturated carbocycles. The first-order chi connectivity index (χ1) is 9.08. The molecule has 4 nitrogen and oxygen atoms in total. The van der Waals surface area contributed by atoms with Crippen LogP contribution in [0.15, 0.2) is 17.1 Å². The Bertz CT molecular complexity index is 364. The van der Waals surface area contributed by atoms with Gasteiger partial charge in [0.25, 0.3) is 0 Å². The summed E-state index contributed by atoms with van der Waals surface area (Å²) in [6.45, 7) is 9.28. The van der Waals surface area contributed by atoms with Crippen LogP contribution in [0.4, 0.5) is 0 Å². The number of nitrogens with zero attached hydrogens (tertiary/aromatic N) is 1. The number of halogens is 1. The lowest BCUT2D eigenvalue weighted by Gasteiger charge is -2.54. The zero-order valence-electron chi connectivity index (χ0n) is 12.7. The van der Waals surface area contributed by atoms with Gasteiger partial charge in [-0.3, -0.25) is 0 Å². The van der Waals surface area contributed by atoms with E-state index >= 15 is 0 Å². The molecule has 0 bridgehead atoms. The van der Waals surface area contributed by atoms with Crippen LogP contribution < -0.4 is 11.1 Å². The topological polar surface area (TPSA) is 59.6 Å². The molecule has 2 aliphatic rings. The third kappa shape index (κ3) is 3.67. The quantitative estimate of drug-likeness (QED) is 0.327. The lowest BCUT2D eigenvalue weighted by molar-refractivity contribution is -0.125. The Balaban J connectivity index is 0.00000200. The van der Waals surface area contributed by atoms with Crippen LogP contribution in [0.1, 0.15) is 46.0 Å². The summed E-state index contributed by atoms with van der Waals surface area (Å²) in [5.41, 5.74) is 7.29. The fraction of sp³-hybridized carbons (Fsp3) is 0.800. The Kier molecular flexibility index (Phi) is 6.78. The first-order valence-corrected chi connectivity index (χ1v) is 7.41. The highest BCUT2D eigenvalue weighted by Crippen LogP contribution is 2.54. The van der Waals surface area contributed by atoms with E-state index in [1.165, 1.54) is 25.7 Å². The minimum atomic E-state index is 0. The number of aliphatic imine (C=N–C) groups is 1. The molecular formula is C15H28IN3O. The second-order valence-electron chi connectivity index (χ2n) is 5.98. The van der Waals surface area contributed by atoms with Crippen molar-refractivity contribution in [1.29, 1.82) is 0 Å². The standard InChI is InChI=1S/C15H27N3O.HI/c1-4-19-13-9-12(15(13)7-5-6-8-15)18-14(16)17-10-11(2)3;/h12-13H,2,4-10H2,1,3H3,(H3,16,17,18);1H. The highest BCUT2D eigenvalue weighted by Gasteiger charge is 2.56. The molecule has 20 heavy (non-hydrogen) atoms. The first-order valence-electron chi connectivity index (χ1n) is 7.41. The molecular weight excluding hydrogens is 365 g/mol. The van der Waals surface area contributed by atoms with Crippen LogP contribution in [0, 0.1) is 5.41 Å². The van der Waals surface area contributed by atoms with Crippen LogP contribution in [0.3, 0.4) is 0 Å². The normalized spacial score (nSPS) is 27.8. The van der Waals surface area contributed by atoms with Gasteiger partial charge >= 0.3 is 0 Å². The zero-order valence-corrected chi connectivity index (χ0v) is 15.0. The number of rotatable bonds is 5. The molecule has 0 aromatic rings. The van der Waals surface area contributed by atoms with E-state index in [9.17, 15) is 0 Å². The molecule has 5 heteroatoms. The molecule has 2 unspecified atom stereocenters. The van der Waals surface area contributed by atoms with Crippen LogP contribution in [0.2, 0.25) is 0 Å². The Morgan fingerprint density at radius 1 is 1.45 bits per heavy atom. The summed E-state index contributed by atoms with van der Waals surface area (Å²) < 4.78 is 5.89. The van der Waals surface area contributed by atoms with E-state index in [0.717, 1.165) is 18.6 Å². The smallest absolute Gasteiger partial charge is 0.189 e. The van der Waals surface area contributed by atoms with Gasteiger partial charge in [0, 0.05) is 18.1 Å². The molecule has 3 N–H and O–H groups in total. The summed E-state index contributed by atoms with van der Waals surface area (Å²) in [6, 6.07) is 0.431. The van der Waals surface area contributed by atoms with Crippen LogP contribution in [0.25, 0.3) is 0 Å². The highest BCUT2D eigenvalue weighted by atomic mass is 127. The summed E-state index contributed by atoms with van der Waals surface area (Å²) in [6.07, 6.45) is 6.59. The average Bonchev–Trinajstić information content (AvgIpc) is 2.87. The fourth-order valence-corrected chi connectivity index (χ4v) is 3.53. The van der Waals surface area contributed by atoms with Crippen LogP contribution in [-0.2, 0) is 4.74 Å². The molecule has 116 valence electrons. The predicted molar refractivity (Wildman–Crippen MR) is 94.6 cm³/mol. The van der Waals surface area contributed by atoms with Gasteiger partial charge in [0.05, 0.1) is 12.6 Å². The van der Waals surface area contributed by atoms with Gasteiger partial charge in [0.1, 0.15) is 0 Å². The molecule has 2 aliphatic carbocycles. The number of nitrogens with one attached hydrogen (secondary N) is 1. The first kappa shape index (κ1) is 17.8. The summed E-state index contributed by atoms with van der Waals surface area (Å²) in [5.74, 6) is 0.550. The molecule has 1 spiro atoms. The van der Waals surface area contributed by atoms with E-state index in [0.29, 0.717) is 30.1 Å². The Labute approximate surface area is 139 Å². The summed E-state index contributed by atoms with van der Waals surface area (Å²) >= 11 is 0. The minimum Gasteiger partial charge on any atom is -0.378 e. The van der Waals surface area contributed by atoms with Crippen LogP contribution in [0.5, 0.6) is 0 Å². The van der Waals surface area contributed by atoms with E-state index in [1.807, 2.05) is 6.92 Å². The Morgan fingerprint density at radius 2 is 2.10 bits per heavy atom.